The number of hydrogen-bond acceptors (Lipinski definition) is 7. The Hall–Kier alpha value is -2.27. The molecular formula is C24H28ClNO6S2. The SMILES string of the molecule is COc1cc(CNCc2cccc3c2C(S(=O)(=O)c2ccccc2)CS3(O)O)cc(OC)c1.Cl. The van der Waals surface area contributed by atoms with E-state index in [1.807, 2.05) is 18.2 Å². The van der Waals surface area contributed by atoms with E-state index in [1.54, 1.807) is 50.6 Å². The van der Waals surface area contributed by atoms with Crippen LogP contribution in [0, 0.1) is 0 Å². The molecule has 4 rings (SSSR count). The number of nitrogens with one attached hydrogen (secondary N) is 1. The van der Waals surface area contributed by atoms with E-state index in [2.05, 4.69) is 5.32 Å². The van der Waals surface area contributed by atoms with E-state index in [-0.39, 0.29) is 23.1 Å². The average molecular weight is 526 g/mol. The fourth-order valence-electron chi connectivity index (χ4n) is 4.11. The topological polar surface area (TPSA) is 105 Å². The van der Waals surface area contributed by atoms with E-state index in [0.717, 1.165) is 11.1 Å². The quantitative estimate of drug-likeness (QED) is 0.378. The van der Waals surface area contributed by atoms with Gasteiger partial charge in [0, 0.05) is 19.2 Å². The van der Waals surface area contributed by atoms with Crippen LogP contribution in [0.25, 0.3) is 0 Å². The third kappa shape index (κ3) is 5.19. The molecule has 1 aliphatic heterocycles. The average Bonchev–Trinajstić information content (AvgIpc) is 3.11. The number of ether oxygens (including phenoxy) is 2. The van der Waals surface area contributed by atoms with Crippen molar-refractivity contribution in [2.24, 2.45) is 0 Å². The Balaban J connectivity index is 0.00000324. The van der Waals surface area contributed by atoms with Gasteiger partial charge in [-0.3, -0.25) is 9.11 Å². The minimum atomic E-state index is -3.80. The number of rotatable bonds is 8. The van der Waals surface area contributed by atoms with Crippen molar-refractivity contribution in [1.29, 1.82) is 0 Å². The van der Waals surface area contributed by atoms with Gasteiger partial charge < -0.3 is 14.8 Å². The molecule has 34 heavy (non-hydrogen) atoms. The molecule has 3 aromatic carbocycles. The number of methoxy groups -OCH3 is 2. The lowest BCUT2D eigenvalue weighted by atomic mass is 10.0. The number of hydrogen-bond donors (Lipinski definition) is 3. The molecule has 1 unspecified atom stereocenters. The van der Waals surface area contributed by atoms with Crippen LogP contribution in [0.5, 0.6) is 11.5 Å². The van der Waals surface area contributed by atoms with E-state index in [0.29, 0.717) is 35.0 Å². The van der Waals surface area contributed by atoms with Gasteiger partial charge >= 0.3 is 0 Å². The Bertz CT molecular complexity index is 1230. The molecule has 7 nitrogen and oxygen atoms in total. The number of halogens is 1. The molecule has 0 radical (unpaired) electrons. The van der Waals surface area contributed by atoms with E-state index in [1.165, 1.54) is 12.1 Å². The van der Waals surface area contributed by atoms with Crippen LogP contribution in [-0.4, -0.2) is 37.5 Å². The zero-order chi connectivity index (χ0) is 23.6. The molecule has 0 aromatic heterocycles. The van der Waals surface area contributed by atoms with E-state index >= 15 is 0 Å². The molecular weight excluding hydrogens is 498 g/mol. The first-order chi connectivity index (χ1) is 15.8. The molecule has 0 amide bonds. The first-order valence-corrected chi connectivity index (χ1v) is 13.6. The number of fused-ring (bicyclic) bond motifs is 1. The molecule has 0 fully saturated rings. The van der Waals surface area contributed by atoms with Gasteiger partial charge in [0.25, 0.3) is 0 Å². The Morgan fingerprint density at radius 2 is 1.59 bits per heavy atom. The zero-order valence-corrected chi connectivity index (χ0v) is 21.3. The van der Waals surface area contributed by atoms with Crippen molar-refractivity contribution in [2.75, 3.05) is 20.0 Å². The smallest absolute Gasteiger partial charge is 0.187 e. The molecule has 3 N–H and O–H groups in total. The van der Waals surface area contributed by atoms with Crippen molar-refractivity contribution in [3.63, 3.8) is 0 Å². The Labute approximate surface area is 207 Å². The van der Waals surface area contributed by atoms with E-state index < -0.39 is 25.7 Å². The maximum absolute atomic E-state index is 13.4. The van der Waals surface area contributed by atoms with Gasteiger partial charge in [-0.05, 0) is 47.0 Å². The van der Waals surface area contributed by atoms with E-state index in [4.69, 9.17) is 9.47 Å². The molecule has 0 spiro atoms. The first-order valence-electron chi connectivity index (χ1n) is 10.4. The van der Waals surface area contributed by atoms with Crippen LogP contribution in [-0.2, 0) is 22.9 Å². The number of benzene rings is 3. The third-order valence-corrected chi connectivity index (χ3v) is 9.87. The first kappa shape index (κ1) is 26.3. The normalized spacial score (nSPS) is 17.4. The minimum absolute atomic E-state index is 0. The summed E-state index contributed by atoms with van der Waals surface area (Å²) < 4.78 is 58.8. The summed E-state index contributed by atoms with van der Waals surface area (Å²) in [6.45, 7) is 0.850. The van der Waals surface area contributed by atoms with Crippen molar-refractivity contribution in [3.8, 4) is 11.5 Å². The summed E-state index contributed by atoms with van der Waals surface area (Å²) in [5.41, 5.74) is 2.15. The molecule has 3 aromatic rings. The van der Waals surface area contributed by atoms with Crippen molar-refractivity contribution < 1.29 is 27.0 Å². The van der Waals surface area contributed by atoms with Gasteiger partial charge in [-0.15, -0.1) is 12.4 Å². The van der Waals surface area contributed by atoms with Crippen molar-refractivity contribution in [2.45, 2.75) is 28.1 Å². The Kier molecular flexibility index (Phi) is 8.18. The van der Waals surface area contributed by atoms with Crippen molar-refractivity contribution in [1.82, 2.24) is 5.32 Å². The van der Waals surface area contributed by atoms with Crippen LogP contribution in [0.15, 0.2) is 76.5 Å². The molecule has 0 saturated carbocycles. The maximum Gasteiger partial charge on any atom is 0.187 e. The molecule has 1 heterocycles. The summed E-state index contributed by atoms with van der Waals surface area (Å²) in [5, 5.41) is 2.31. The third-order valence-electron chi connectivity index (χ3n) is 5.72. The van der Waals surface area contributed by atoms with Gasteiger partial charge in [0.1, 0.15) is 16.7 Å². The second kappa shape index (κ2) is 10.6. The second-order valence-corrected chi connectivity index (χ2v) is 12.1. The summed E-state index contributed by atoms with van der Waals surface area (Å²) >= 11 is 0. The molecule has 1 atom stereocenters. The lowest BCUT2D eigenvalue weighted by Gasteiger charge is -2.27. The molecule has 0 saturated heterocycles. The highest BCUT2D eigenvalue weighted by atomic mass is 35.5. The standard InChI is InChI=1S/C24H27NO6S2.ClH/c1-30-19-11-17(12-20(13-19)31-2)14-25-15-18-7-6-10-22-24(18)23(16-32(22,26)27)33(28,29)21-8-4-3-5-9-21;/h3-13,23,25-27H,14-16H2,1-2H3;1H. The lowest BCUT2D eigenvalue weighted by molar-refractivity contribution is 0.393. The summed E-state index contributed by atoms with van der Waals surface area (Å²) in [5.74, 6) is 1.12. The second-order valence-electron chi connectivity index (χ2n) is 7.83. The summed E-state index contributed by atoms with van der Waals surface area (Å²) in [7, 11) is -3.83. The summed E-state index contributed by atoms with van der Waals surface area (Å²) in [4.78, 5) is 0.485. The van der Waals surface area contributed by atoms with Gasteiger partial charge in [-0.25, -0.2) is 8.42 Å². The lowest BCUT2D eigenvalue weighted by Crippen LogP contribution is -2.19. The van der Waals surface area contributed by atoms with Crippen molar-refractivity contribution >= 4 is 32.8 Å². The molecule has 0 bridgehead atoms. The van der Waals surface area contributed by atoms with Gasteiger partial charge in [0.15, 0.2) is 9.84 Å². The largest absolute Gasteiger partial charge is 0.497 e. The molecule has 0 aliphatic carbocycles. The molecule has 10 heteroatoms. The van der Waals surface area contributed by atoms with Gasteiger partial charge in [-0.1, -0.05) is 30.3 Å². The highest BCUT2D eigenvalue weighted by molar-refractivity contribution is 8.25. The van der Waals surface area contributed by atoms with Crippen LogP contribution in [0.2, 0.25) is 0 Å². The highest BCUT2D eigenvalue weighted by Crippen LogP contribution is 2.62. The zero-order valence-electron chi connectivity index (χ0n) is 18.8. The van der Waals surface area contributed by atoms with Gasteiger partial charge in [-0.2, -0.15) is 10.6 Å². The van der Waals surface area contributed by atoms with Crippen LogP contribution >= 0.6 is 23.0 Å². The summed E-state index contributed by atoms with van der Waals surface area (Å²) in [6.07, 6.45) is 0. The fraction of sp³-hybridized carbons (Fsp3) is 0.250. The predicted octanol–water partition coefficient (Wildman–Crippen LogP) is 5.05. The van der Waals surface area contributed by atoms with Crippen LogP contribution in [0.4, 0.5) is 0 Å². The highest BCUT2D eigenvalue weighted by Gasteiger charge is 2.44. The minimum Gasteiger partial charge on any atom is -0.497 e. The molecule has 1 aliphatic rings. The van der Waals surface area contributed by atoms with Crippen LogP contribution in [0.1, 0.15) is 21.9 Å². The van der Waals surface area contributed by atoms with Gasteiger partial charge in [0.2, 0.25) is 0 Å². The molecule has 184 valence electrons. The number of sulfone groups is 1. The monoisotopic (exact) mass is 525 g/mol. The predicted molar refractivity (Wildman–Crippen MR) is 136 cm³/mol. The Morgan fingerprint density at radius 1 is 0.941 bits per heavy atom. The maximum atomic E-state index is 13.4. The van der Waals surface area contributed by atoms with E-state index in [9.17, 15) is 17.5 Å². The van der Waals surface area contributed by atoms with Crippen LogP contribution in [0.3, 0.4) is 0 Å². The summed E-state index contributed by atoms with van der Waals surface area (Å²) in [6, 6.07) is 18.9. The Morgan fingerprint density at radius 3 is 2.21 bits per heavy atom. The van der Waals surface area contributed by atoms with Gasteiger partial charge in [0.05, 0.1) is 29.8 Å². The fourth-order valence-corrected chi connectivity index (χ4v) is 8.61. The van der Waals surface area contributed by atoms with Crippen molar-refractivity contribution in [3.05, 3.63) is 83.4 Å². The van der Waals surface area contributed by atoms with Crippen LogP contribution < -0.4 is 14.8 Å².